The van der Waals surface area contributed by atoms with Crippen molar-refractivity contribution in [3.8, 4) is 0 Å². The van der Waals surface area contributed by atoms with E-state index in [1.807, 2.05) is 0 Å². The number of rotatable bonds is 8. The minimum absolute atomic E-state index is 0.00777. The van der Waals surface area contributed by atoms with Gasteiger partial charge in [0.15, 0.2) is 0 Å². The molecule has 0 aliphatic heterocycles. The molecular formula is C11H16N4O3S. The van der Waals surface area contributed by atoms with Gasteiger partial charge in [-0.2, -0.15) is 9.38 Å². The molecule has 2 heterocycles. The summed E-state index contributed by atoms with van der Waals surface area (Å²) in [5.74, 6) is 0.325. The van der Waals surface area contributed by atoms with Crippen molar-refractivity contribution in [1.29, 1.82) is 0 Å². The monoisotopic (exact) mass is 284 g/mol. The molecule has 0 fully saturated rings. The maximum atomic E-state index is 11.1. The second-order valence-corrected chi connectivity index (χ2v) is 5.03. The molecule has 0 saturated heterocycles. The van der Waals surface area contributed by atoms with E-state index in [0.717, 1.165) is 25.7 Å². The number of nitrogens with one attached hydrogen (secondary N) is 1. The lowest BCUT2D eigenvalue weighted by Crippen LogP contribution is -2.05. The van der Waals surface area contributed by atoms with Crippen molar-refractivity contribution in [1.82, 2.24) is 9.38 Å². The number of fused-ring (bicyclic) bond motifs is 1. The topological polar surface area (TPSA) is 92.7 Å². The van der Waals surface area contributed by atoms with Gasteiger partial charge in [-0.25, -0.2) is 0 Å². The Labute approximate surface area is 114 Å². The summed E-state index contributed by atoms with van der Waals surface area (Å²) in [6.45, 7) is 0.868. The van der Waals surface area contributed by atoms with Gasteiger partial charge in [-0.05, 0) is 17.8 Å². The maximum Gasteiger partial charge on any atom is 0.372 e. The molecule has 0 aliphatic carbocycles. The molecule has 0 amide bonds. The number of nitro groups is 1. The van der Waals surface area contributed by atoms with Gasteiger partial charge in [0.25, 0.3) is 4.96 Å². The predicted octanol–water partition coefficient (Wildman–Crippen LogP) is 2.27. The van der Waals surface area contributed by atoms with Gasteiger partial charge in [0, 0.05) is 18.5 Å². The molecule has 2 aromatic rings. The molecule has 2 N–H and O–H groups in total. The fourth-order valence-electron chi connectivity index (χ4n) is 1.86. The number of imidazole rings is 1. The highest BCUT2D eigenvalue weighted by Gasteiger charge is 2.22. The second-order valence-electron chi connectivity index (χ2n) is 4.16. The zero-order valence-corrected chi connectivity index (χ0v) is 11.2. The molecule has 19 heavy (non-hydrogen) atoms. The lowest BCUT2D eigenvalue weighted by atomic mass is 10.2. The molecule has 0 radical (unpaired) electrons. The van der Waals surface area contributed by atoms with Crippen LogP contribution < -0.4 is 5.32 Å². The van der Waals surface area contributed by atoms with Crippen molar-refractivity contribution in [3.05, 3.63) is 21.7 Å². The van der Waals surface area contributed by atoms with Crippen molar-refractivity contribution >= 4 is 27.9 Å². The smallest absolute Gasteiger partial charge is 0.372 e. The SMILES string of the molecule is O=[N+]([O-])c1c(NCCCCCCO)nc2sccn12. The van der Waals surface area contributed by atoms with Crippen molar-refractivity contribution in [2.24, 2.45) is 0 Å². The van der Waals surface area contributed by atoms with Crippen LogP contribution in [0.4, 0.5) is 11.6 Å². The van der Waals surface area contributed by atoms with E-state index in [1.54, 1.807) is 11.6 Å². The minimum Gasteiger partial charge on any atom is -0.396 e. The molecule has 7 nitrogen and oxygen atoms in total. The molecule has 0 atom stereocenters. The van der Waals surface area contributed by atoms with Crippen LogP contribution in [0.25, 0.3) is 4.96 Å². The third-order valence-corrected chi connectivity index (χ3v) is 3.54. The Morgan fingerprint density at radius 1 is 1.42 bits per heavy atom. The lowest BCUT2D eigenvalue weighted by Gasteiger charge is -2.03. The van der Waals surface area contributed by atoms with Gasteiger partial charge in [0.1, 0.15) is 6.20 Å². The van der Waals surface area contributed by atoms with E-state index in [0.29, 0.717) is 17.3 Å². The molecule has 0 unspecified atom stereocenters. The first kappa shape index (κ1) is 13.8. The summed E-state index contributed by atoms with van der Waals surface area (Å²) < 4.78 is 1.48. The molecule has 0 aliphatic rings. The van der Waals surface area contributed by atoms with Crippen LogP contribution in [0.5, 0.6) is 0 Å². The third kappa shape index (κ3) is 3.21. The summed E-state index contributed by atoms with van der Waals surface area (Å²) in [5.41, 5.74) is 0. The van der Waals surface area contributed by atoms with Crippen LogP contribution in [0, 0.1) is 10.1 Å². The fourth-order valence-corrected chi connectivity index (χ4v) is 2.57. The van der Waals surface area contributed by atoms with E-state index < -0.39 is 4.92 Å². The van der Waals surface area contributed by atoms with Crippen LogP contribution >= 0.6 is 11.3 Å². The summed E-state index contributed by atoms with van der Waals surface area (Å²) in [4.78, 5) is 15.5. The van der Waals surface area contributed by atoms with Gasteiger partial charge in [-0.15, -0.1) is 0 Å². The maximum absolute atomic E-state index is 11.1. The number of aliphatic hydroxyl groups is 1. The number of unbranched alkanes of at least 4 members (excludes halogenated alkanes) is 3. The highest BCUT2D eigenvalue weighted by Crippen LogP contribution is 2.27. The molecule has 2 aromatic heterocycles. The zero-order valence-electron chi connectivity index (χ0n) is 10.4. The summed E-state index contributed by atoms with van der Waals surface area (Å²) in [7, 11) is 0. The van der Waals surface area contributed by atoms with Gasteiger partial charge in [0.2, 0.25) is 5.82 Å². The van der Waals surface area contributed by atoms with Gasteiger partial charge in [0.05, 0.1) is 0 Å². The van der Waals surface area contributed by atoms with Gasteiger partial charge >= 0.3 is 5.82 Å². The number of hydrogen-bond donors (Lipinski definition) is 2. The second kappa shape index (κ2) is 6.48. The fraction of sp³-hybridized carbons (Fsp3) is 0.545. The summed E-state index contributed by atoms with van der Waals surface area (Å²) in [6.07, 6.45) is 5.32. The van der Waals surface area contributed by atoms with Crippen LogP contribution in [0.1, 0.15) is 25.7 Å². The minimum atomic E-state index is -0.416. The number of aromatic nitrogens is 2. The van der Waals surface area contributed by atoms with Crippen molar-refractivity contribution < 1.29 is 10.0 Å². The molecule has 0 bridgehead atoms. The average molecular weight is 284 g/mol. The van der Waals surface area contributed by atoms with E-state index in [2.05, 4.69) is 10.3 Å². The molecule has 0 aromatic carbocycles. The Morgan fingerprint density at radius 3 is 2.95 bits per heavy atom. The molecule has 0 saturated carbocycles. The van der Waals surface area contributed by atoms with Gasteiger partial charge in [-0.3, -0.25) is 0 Å². The number of anilines is 1. The quantitative estimate of drug-likeness (QED) is 0.440. The summed E-state index contributed by atoms with van der Waals surface area (Å²) in [5, 5.41) is 24.5. The van der Waals surface area contributed by atoms with Crippen LogP contribution in [0.15, 0.2) is 11.6 Å². The highest BCUT2D eigenvalue weighted by molar-refractivity contribution is 7.15. The Kier molecular flexibility index (Phi) is 4.69. The summed E-state index contributed by atoms with van der Waals surface area (Å²) >= 11 is 1.37. The number of aliphatic hydroxyl groups excluding tert-OH is 1. The Bertz CT molecular complexity index is 551. The standard InChI is InChI=1S/C11H16N4O3S/c16-7-4-2-1-3-5-12-9-10(15(17)18)14-6-8-19-11(14)13-9/h6,8,12,16H,1-5,7H2. The van der Waals surface area contributed by atoms with E-state index >= 15 is 0 Å². The first-order chi connectivity index (χ1) is 9.24. The first-order valence-corrected chi connectivity index (χ1v) is 7.06. The number of thiazole rings is 1. The van der Waals surface area contributed by atoms with Crippen LogP contribution in [-0.2, 0) is 0 Å². The zero-order chi connectivity index (χ0) is 13.7. The third-order valence-electron chi connectivity index (χ3n) is 2.79. The van der Waals surface area contributed by atoms with Crippen LogP contribution in [0.2, 0.25) is 0 Å². The van der Waals surface area contributed by atoms with Crippen molar-refractivity contribution in [2.75, 3.05) is 18.5 Å². The van der Waals surface area contributed by atoms with E-state index in [-0.39, 0.29) is 12.4 Å². The number of hydrogen-bond acceptors (Lipinski definition) is 6. The van der Waals surface area contributed by atoms with E-state index in [1.165, 1.54) is 15.7 Å². The first-order valence-electron chi connectivity index (χ1n) is 6.18. The normalized spacial score (nSPS) is 11.0. The largest absolute Gasteiger partial charge is 0.396 e. The van der Waals surface area contributed by atoms with Gasteiger partial charge in [-0.1, -0.05) is 24.2 Å². The molecule has 104 valence electrons. The van der Waals surface area contributed by atoms with Crippen molar-refractivity contribution in [2.45, 2.75) is 25.7 Å². The lowest BCUT2D eigenvalue weighted by molar-refractivity contribution is -0.389. The van der Waals surface area contributed by atoms with E-state index in [4.69, 9.17) is 5.11 Å². The van der Waals surface area contributed by atoms with E-state index in [9.17, 15) is 10.1 Å². The Hall–Kier alpha value is -1.67. The van der Waals surface area contributed by atoms with Crippen LogP contribution in [-0.4, -0.2) is 32.6 Å². The predicted molar refractivity (Wildman–Crippen MR) is 73.8 cm³/mol. The highest BCUT2D eigenvalue weighted by atomic mass is 32.1. The Morgan fingerprint density at radius 2 is 2.21 bits per heavy atom. The van der Waals surface area contributed by atoms with Crippen LogP contribution in [0.3, 0.4) is 0 Å². The molecular weight excluding hydrogens is 268 g/mol. The Balaban J connectivity index is 1.94. The molecule has 0 spiro atoms. The number of nitrogens with zero attached hydrogens (tertiary/aromatic N) is 3. The van der Waals surface area contributed by atoms with Gasteiger partial charge < -0.3 is 20.5 Å². The molecule has 2 rings (SSSR count). The molecule has 8 heteroatoms. The summed E-state index contributed by atoms with van der Waals surface area (Å²) in [6, 6.07) is 0. The average Bonchev–Trinajstić information content (AvgIpc) is 2.92. The van der Waals surface area contributed by atoms with Crippen molar-refractivity contribution in [3.63, 3.8) is 0 Å².